The lowest BCUT2D eigenvalue weighted by Crippen LogP contribution is -2.57. The Bertz CT molecular complexity index is 159. The Hall–Kier alpha value is 0.394. The molecule has 1 fully saturated rings. The smallest absolute Gasteiger partial charge is 0.115 e. The van der Waals surface area contributed by atoms with Gasteiger partial charge in [0.1, 0.15) is 16.5 Å². The highest BCUT2D eigenvalue weighted by Gasteiger charge is 2.47. The van der Waals surface area contributed by atoms with Crippen LogP contribution in [0.5, 0.6) is 0 Å². The van der Waals surface area contributed by atoms with Crippen LogP contribution in [-0.2, 0) is 0 Å². The van der Waals surface area contributed by atoms with E-state index in [9.17, 15) is 0 Å². The first-order valence-corrected chi connectivity index (χ1v) is 11.4. The summed E-state index contributed by atoms with van der Waals surface area (Å²) in [5, 5.41) is 0. The molecule has 1 nitrogen and oxygen atoms in total. The first kappa shape index (κ1) is 10.5. The Morgan fingerprint density at radius 2 is 1.25 bits per heavy atom. The van der Waals surface area contributed by atoms with Crippen LogP contribution in [0, 0.1) is 0 Å². The monoisotopic (exact) mass is 201 g/mol. The molecule has 72 valence electrons. The van der Waals surface area contributed by atoms with E-state index in [4.69, 9.17) is 0 Å². The maximum atomic E-state index is 2.93. The second kappa shape index (κ2) is 2.96. The van der Waals surface area contributed by atoms with Gasteiger partial charge in [-0.15, -0.1) is 0 Å². The van der Waals surface area contributed by atoms with Crippen molar-refractivity contribution in [1.29, 1.82) is 0 Å². The molecule has 1 rings (SSSR count). The molecule has 0 aromatic heterocycles. The first-order valence-electron chi connectivity index (χ1n) is 5.07. The minimum Gasteiger partial charge on any atom is -0.343 e. The fourth-order valence-electron chi connectivity index (χ4n) is 3.07. The third kappa shape index (κ3) is 1.68. The van der Waals surface area contributed by atoms with Crippen LogP contribution >= 0.6 is 0 Å². The molecule has 0 spiro atoms. The lowest BCUT2D eigenvalue weighted by Gasteiger charge is -2.42. The molecule has 0 saturated carbocycles. The van der Waals surface area contributed by atoms with Crippen LogP contribution < -0.4 is 0 Å². The van der Waals surface area contributed by atoms with Gasteiger partial charge in [0.2, 0.25) is 0 Å². The summed E-state index contributed by atoms with van der Waals surface area (Å²) >= 11 is 0. The molecular formula is C9H23NSi2. The standard InChI is InChI=1S/C9H23NSi2/c1-9(2)10-11(3,4)7-8-12(10,5)6/h9H,7-8H2,1-6H3. The molecule has 1 aliphatic rings. The van der Waals surface area contributed by atoms with E-state index in [2.05, 4.69) is 44.3 Å². The molecule has 0 N–H and O–H groups in total. The molecule has 1 aliphatic heterocycles. The van der Waals surface area contributed by atoms with Gasteiger partial charge in [0.25, 0.3) is 0 Å². The minimum absolute atomic E-state index is 0.788. The van der Waals surface area contributed by atoms with Gasteiger partial charge in [-0.1, -0.05) is 40.0 Å². The number of rotatable bonds is 1. The summed E-state index contributed by atoms with van der Waals surface area (Å²) < 4.78 is 2.93. The minimum atomic E-state index is -0.973. The SMILES string of the molecule is CC(C)N1[Si](C)(C)CC[Si]1(C)C. The van der Waals surface area contributed by atoms with E-state index in [0.717, 1.165) is 6.04 Å². The second-order valence-electron chi connectivity index (χ2n) is 5.59. The summed E-state index contributed by atoms with van der Waals surface area (Å²) in [6.45, 7) is 14.9. The molecule has 1 heterocycles. The number of hydrogen-bond donors (Lipinski definition) is 0. The molecule has 3 heteroatoms. The molecule has 0 atom stereocenters. The van der Waals surface area contributed by atoms with Gasteiger partial charge in [0.15, 0.2) is 0 Å². The zero-order chi connectivity index (χ0) is 9.57. The Morgan fingerprint density at radius 3 is 1.42 bits per heavy atom. The van der Waals surface area contributed by atoms with Gasteiger partial charge in [-0.3, -0.25) is 0 Å². The van der Waals surface area contributed by atoms with Crippen molar-refractivity contribution < 1.29 is 0 Å². The van der Waals surface area contributed by atoms with E-state index >= 15 is 0 Å². The van der Waals surface area contributed by atoms with E-state index in [-0.39, 0.29) is 0 Å². The summed E-state index contributed by atoms with van der Waals surface area (Å²) in [7, 11) is -1.95. The van der Waals surface area contributed by atoms with Crippen molar-refractivity contribution in [2.24, 2.45) is 0 Å². The normalized spacial score (nSPS) is 28.2. The highest BCUT2D eigenvalue weighted by Crippen LogP contribution is 2.38. The highest BCUT2D eigenvalue weighted by atomic mass is 28.4. The van der Waals surface area contributed by atoms with Crippen molar-refractivity contribution >= 4 is 16.5 Å². The quantitative estimate of drug-likeness (QED) is 0.589. The fourth-order valence-corrected chi connectivity index (χ4v) is 18.5. The molecule has 1 saturated heterocycles. The van der Waals surface area contributed by atoms with E-state index < -0.39 is 16.5 Å². The average Bonchev–Trinajstić information content (AvgIpc) is 2.01. The van der Waals surface area contributed by atoms with Gasteiger partial charge in [-0.25, -0.2) is 0 Å². The van der Waals surface area contributed by atoms with E-state index in [1.807, 2.05) is 0 Å². The zero-order valence-corrected chi connectivity index (χ0v) is 11.4. The number of hydrogen-bond acceptors (Lipinski definition) is 1. The van der Waals surface area contributed by atoms with Crippen molar-refractivity contribution in [3.63, 3.8) is 0 Å². The summed E-state index contributed by atoms with van der Waals surface area (Å²) in [5.41, 5.74) is 0. The van der Waals surface area contributed by atoms with Crippen LogP contribution in [0.25, 0.3) is 0 Å². The van der Waals surface area contributed by atoms with Crippen molar-refractivity contribution in [2.75, 3.05) is 0 Å². The molecule has 0 aromatic carbocycles. The summed E-state index contributed by atoms with van der Waals surface area (Å²) in [4.78, 5) is 0. The summed E-state index contributed by atoms with van der Waals surface area (Å²) in [6, 6.07) is 3.85. The van der Waals surface area contributed by atoms with Gasteiger partial charge < -0.3 is 4.23 Å². The lowest BCUT2D eigenvalue weighted by atomic mass is 10.4. The third-order valence-corrected chi connectivity index (χ3v) is 13.9. The van der Waals surface area contributed by atoms with Crippen LogP contribution in [0.15, 0.2) is 0 Å². The predicted octanol–water partition coefficient (Wildman–Crippen LogP) is 3.12. The van der Waals surface area contributed by atoms with E-state index in [1.165, 1.54) is 12.1 Å². The van der Waals surface area contributed by atoms with Crippen molar-refractivity contribution in [2.45, 2.75) is 58.2 Å². The Labute approximate surface area is 79.3 Å². The molecule has 0 aliphatic carbocycles. The molecule has 12 heavy (non-hydrogen) atoms. The van der Waals surface area contributed by atoms with Crippen LogP contribution in [0.3, 0.4) is 0 Å². The number of nitrogens with zero attached hydrogens (tertiary/aromatic N) is 1. The lowest BCUT2D eigenvalue weighted by molar-refractivity contribution is 0.516. The van der Waals surface area contributed by atoms with E-state index in [1.54, 1.807) is 0 Å². The molecule has 0 bridgehead atoms. The van der Waals surface area contributed by atoms with Crippen molar-refractivity contribution in [1.82, 2.24) is 4.23 Å². The van der Waals surface area contributed by atoms with Gasteiger partial charge in [-0.2, -0.15) is 0 Å². The van der Waals surface area contributed by atoms with Crippen LogP contribution in [0.4, 0.5) is 0 Å². The van der Waals surface area contributed by atoms with Crippen molar-refractivity contribution in [3.8, 4) is 0 Å². The predicted molar refractivity (Wildman–Crippen MR) is 61.6 cm³/mol. The van der Waals surface area contributed by atoms with Gasteiger partial charge in [0.05, 0.1) is 0 Å². The largest absolute Gasteiger partial charge is 0.343 e. The second-order valence-corrected chi connectivity index (χ2v) is 15.2. The van der Waals surface area contributed by atoms with Gasteiger partial charge in [0, 0.05) is 0 Å². The topological polar surface area (TPSA) is 3.24 Å². The Kier molecular flexibility index (Phi) is 2.58. The molecular weight excluding hydrogens is 178 g/mol. The highest BCUT2D eigenvalue weighted by molar-refractivity contribution is 6.95. The molecule has 0 aromatic rings. The molecule has 0 radical (unpaired) electrons. The van der Waals surface area contributed by atoms with Crippen LogP contribution in [0.2, 0.25) is 38.3 Å². The maximum Gasteiger partial charge on any atom is 0.115 e. The summed E-state index contributed by atoms with van der Waals surface area (Å²) in [5.74, 6) is 0. The zero-order valence-electron chi connectivity index (χ0n) is 9.44. The van der Waals surface area contributed by atoms with Gasteiger partial charge in [-0.05, 0) is 18.1 Å². The van der Waals surface area contributed by atoms with Gasteiger partial charge >= 0.3 is 0 Å². The molecule has 0 unspecified atom stereocenters. The summed E-state index contributed by atoms with van der Waals surface area (Å²) in [6.07, 6.45) is 0. The first-order chi connectivity index (χ1) is 5.27. The van der Waals surface area contributed by atoms with Crippen molar-refractivity contribution in [3.05, 3.63) is 0 Å². The Morgan fingerprint density at radius 1 is 0.917 bits per heavy atom. The average molecular weight is 201 g/mol. The van der Waals surface area contributed by atoms with Crippen LogP contribution in [-0.4, -0.2) is 26.7 Å². The Balaban J connectivity index is 2.89. The third-order valence-electron chi connectivity index (χ3n) is 3.17. The van der Waals surface area contributed by atoms with E-state index in [0.29, 0.717) is 0 Å². The maximum absolute atomic E-state index is 2.93. The molecule has 0 amide bonds. The fraction of sp³-hybridized carbons (Fsp3) is 1.00. The van der Waals surface area contributed by atoms with Crippen LogP contribution in [0.1, 0.15) is 13.8 Å².